The standard InChI is InChI=1S/C18H24N4O2/c1-4-15-16-6-5-8-20(16)10-11-22(15)17(23)7-9-21-14(3)12-13(2)19-18(21)24/h5-6,8,12,15H,4,7,9-11H2,1-3H3. The van der Waals surface area contributed by atoms with Crippen LogP contribution in [0.1, 0.15) is 42.9 Å². The van der Waals surface area contributed by atoms with Crippen molar-refractivity contribution >= 4 is 5.91 Å². The Morgan fingerprint density at radius 3 is 2.83 bits per heavy atom. The summed E-state index contributed by atoms with van der Waals surface area (Å²) in [4.78, 5) is 30.7. The molecular weight excluding hydrogens is 304 g/mol. The Bertz CT molecular complexity index is 806. The van der Waals surface area contributed by atoms with Gasteiger partial charge in [-0.15, -0.1) is 0 Å². The van der Waals surface area contributed by atoms with Gasteiger partial charge in [-0.25, -0.2) is 4.79 Å². The number of hydrogen-bond donors (Lipinski definition) is 0. The lowest BCUT2D eigenvalue weighted by molar-refractivity contribution is -0.135. The Morgan fingerprint density at radius 2 is 2.12 bits per heavy atom. The van der Waals surface area contributed by atoms with Crippen LogP contribution in [0, 0.1) is 13.8 Å². The van der Waals surface area contributed by atoms with E-state index in [1.807, 2.05) is 24.0 Å². The monoisotopic (exact) mass is 328 g/mol. The number of nitrogens with zero attached hydrogens (tertiary/aromatic N) is 4. The summed E-state index contributed by atoms with van der Waals surface area (Å²) in [5.41, 5.74) is 2.48. The van der Waals surface area contributed by atoms with Gasteiger partial charge in [-0.2, -0.15) is 4.98 Å². The summed E-state index contributed by atoms with van der Waals surface area (Å²) in [5, 5.41) is 0. The number of amides is 1. The van der Waals surface area contributed by atoms with E-state index in [1.54, 1.807) is 11.5 Å². The SMILES string of the molecule is CCC1c2cccn2CCN1C(=O)CCn1c(C)cc(C)nc1=O. The first-order valence-corrected chi connectivity index (χ1v) is 8.51. The molecule has 3 rings (SSSR count). The third-order valence-corrected chi connectivity index (χ3v) is 4.77. The van der Waals surface area contributed by atoms with Crippen LogP contribution in [0.3, 0.4) is 0 Å². The van der Waals surface area contributed by atoms with Crippen molar-refractivity contribution in [1.82, 2.24) is 19.0 Å². The summed E-state index contributed by atoms with van der Waals surface area (Å²) in [6.07, 6.45) is 3.28. The highest BCUT2D eigenvalue weighted by Crippen LogP contribution is 2.29. The van der Waals surface area contributed by atoms with Gasteiger partial charge < -0.3 is 9.47 Å². The van der Waals surface area contributed by atoms with E-state index in [-0.39, 0.29) is 17.6 Å². The van der Waals surface area contributed by atoms with E-state index in [2.05, 4.69) is 28.7 Å². The van der Waals surface area contributed by atoms with Crippen molar-refractivity contribution in [3.8, 4) is 0 Å². The topological polar surface area (TPSA) is 60.1 Å². The van der Waals surface area contributed by atoms with E-state index in [0.29, 0.717) is 18.7 Å². The molecule has 6 nitrogen and oxygen atoms in total. The lowest BCUT2D eigenvalue weighted by atomic mass is 10.1. The van der Waals surface area contributed by atoms with Crippen molar-refractivity contribution in [2.75, 3.05) is 6.54 Å². The Morgan fingerprint density at radius 1 is 1.33 bits per heavy atom. The first-order chi connectivity index (χ1) is 11.5. The van der Waals surface area contributed by atoms with Gasteiger partial charge in [0.15, 0.2) is 0 Å². The molecule has 0 N–H and O–H groups in total. The average molecular weight is 328 g/mol. The Hall–Kier alpha value is -2.37. The summed E-state index contributed by atoms with van der Waals surface area (Å²) >= 11 is 0. The Labute approximate surface area is 141 Å². The number of aryl methyl sites for hydroxylation is 2. The van der Waals surface area contributed by atoms with E-state index in [0.717, 1.165) is 25.2 Å². The van der Waals surface area contributed by atoms with Crippen LogP contribution in [0.25, 0.3) is 0 Å². The largest absolute Gasteiger partial charge is 0.348 e. The van der Waals surface area contributed by atoms with E-state index >= 15 is 0 Å². The van der Waals surface area contributed by atoms with Gasteiger partial charge in [0.2, 0.25) is 5.91 Å². The van der Waals surface area contributed by atoms with Gasteiger partial charge in [0.25, 0.3) is 0 Å². The van der Waals surface area contributed by atoms with Crippen LogP contribution >= 0.6 is 0 Å². The minimum absolute atomic E-state index is 0.0983. The number of aromatic nitrogens is 3. The van der Waals surface area contributed by atoms with Crippen LogP contribution in [0.15, 0.2) is 29.2 Å². The maximum absolute atomic E-state index is 12.7. The number of rotatable bonds is 4. The van der Waals surface area contributed by atoms with Crippen LogP contribution in [0.2, 0.25) is 0 Å². The van der Waals surface area contributed by atoms with Gasteiger partial charge in [-0.1, -0.05) is 6.92 Å². The molecule has 2 aromatic heterocycles. The van der Waals surface area contributed by atoms with Gasteiger partial charge in [0, 0.05) is 49.3 Å². The van der Waals surface area contributed by atoms with Crippen LogP contribution in [0.4, 0.5) is 0 Å². The van der Waals surface area contributed by atoms with Crippen molar-refractivity contribution in [2.24, 2.45) is 0 Å². The molecule has 128 valence electrons. The second kappa shape index (κ2) is 6.63. The first kappa shape index (κ1) is 16.5. The molecule has 3 heterocycles. The zero-order valence-electron chi connectivity index (χ0n) is 14.5. The summed E-state index contributed by atoms with van der Waals surface area (Å²) < 4.78 is 3.80. The fourth-order valence-corrected chi connectivity index (χ4v) is 3.59. The van der Waals surface area contributed by atoms with Gasteiger partial charge in [-0.05, 0) is 38.5 Å². The minimum Gasteiger partial charge on any atom is -0.348 e. The van der Waals surface area contributed by atoms with Crippen molar-refractivity contribution < 1.29 is 4.79 Å². The van der Waals surface area contributed by atoms with E-state index in [1.165, 1.54) is 5.69 Å². The van der Waals surface area contributed by atoms with E-state index in [9.17, 15) is 9.59 Å². The molecule has 0 radical (unpaired) electrons. The molecule has 0 saturated heterocycles. The lowest BCUT2D eigenvalue weighted by Crippen LogP contribution is -2.42. The molecule has 1 atom stereocenters. The lowest BCUT2D eigenvalue weighted by Gasteiger charge is -2.36. The minimum atomic E-state index is -0.278. The highest BCUT2D eigenvalue weighted by molar-refractivity contribution is 5.76. The molecule has 1 aliphatic rings. The molecule has 0 aromatic carbocycles. The smallest absolute Gasteiger partial charge is 0.347 e. The number of fused-ring (bicyclic) bond motifs is 1. The van der Waals surface area contributed by atoms with Crippen molar-refractivity contribution in [1.29, 1.82) is 0 Å². The third kappa shape index (κ3) is 3.00. The molecule has 0 saturated carbocycles. The highest BCUT2D eigenvalue weighted by atomic mass is 16.2. The molecular formula is C18H24N4O2. The average Bonchev–Trinajstić information content (AvgIpc) is 3.01. The van der Waals surface area contributed by atoms with Gasteiger partial charge in [0.05, 0.1) is 6.04 Å². The third-order valence-electron chi connectivity index (χ3n) is 4.77. The molecule has 0 aliphatic carbocycles. The first-order valence-electron chi connectivity index (χ1n) is 8.51. The number of hydrogen-bond acceptors (Lipinski definition) is 3. The summed E-state index contributed by atoms with van der Waals surface area (Å²) in [5.74, 6) is 0.0983. The predicted molar refractivity (Wildman–Crippen MR) is 91.8 cm³/mol. The summed E-state index contributed by atoms with van der Waals surface area (Å²) in [6.45, 7) is 7.72. The fourth-order valence-electron chi connectivity index (χ4n) is 3.59. The predicted octanol–water partition coefficient (Wildman–Crippen LogP) is 2.05. The zero-order chi connectivity index (χ0) is 17.3. The normalized spacial score (nSPS) is 17.0. The molecule has 6 heteroatoms. The van der Waals surface area contributed by atoms with Gasteiger partial charge in [-0.3, -0.25) is 9.36 Å². The van der Waals surface area contributed by atoms with Crippen LogP contribution in [-0.4, -0.2) is 31.5 Å². The molecule has 0 spiro atoms. The summed E-state index contributed by atoms with van der Waals surface area (Å²) in [6, 6.07) is 6.11. The second-order valence-corrected chi connectivity index (χ2v) is 6.36. The summed E-state index contributed by atoms with van der Waals surface area (Å²) in [7, 11) is 0. The van der Waals surface area contributed by atoms with Crippen molar-refractivity contribution in [3.05, 3.63) is 52.0 Å². The molecule has 24 heavy (non-hydrogen) atoms. The second-order valence-electron chi connectivity index (χ2n) is 6.36. The molecule has 0 bridgehead atoms. The maximum Gasteiger partial charge on any atom is 0.347 e. The van der Waals surface area contributed by atoms with Crippen molar-refractivity contribution in [2.45, 2.75) is 52.7 Å². The zero-order valence-corrected chi connectivity index (χ0v) is 14.5. The number of carbonyl (C=O) groups is 1. The van der Waals surface area contributed by atoms with Crippen molar-refractivity contribution in [3.63, 3.8) is 0 Å². The van der Waals surface area contributed by atoms with Crippen LogP contribution < -0.4 is 5.69 Å². The molecule has 2 aromatic rings. The van der Waals surface area contributed by atoms with Gasteiger partial charge in [0.1, 0.15) is 0 Å². The van der Waals surface area contributed by atoms with Crippen LogP contribution in [-0.2, 0) is 17.9 Å². The molecule has 1 unspecified atom stereocenters. The van der Waals surface area contributed by atoms with Crippen LogP contribution in [0.5, 0.6) is 0 Å². The van der Waals surface area contributed by atoms with E-state index in [4.69, 9.17) is 0 Å². The quantitative estimate of drug-likeness (QED) is 0.863. The molecule has 0 fully saturated rings. The fraction of sp³-hybridized carbons (Fsp3) is 0.500. The Balaban J connectivity index is 1.73. The molecule has 1 aliphatic heterocycles. The molecule has 1 amide bonds. The highest BCUT2D eigenvalue weighted by Gasteiger charge is 2.29. The van der Waals surface area contributed by atoms with E-state index < -0.39 is 0 Å². The Kier molecular flexibility index (Phi) is 4.55. The number of carbonyl (C=O) groups excluding carboxylic acids is 1. The van der Waals surface area contributed by atoms with Gasteiger partial charge >= 0.3 is 5.69 Å². The maximum atomic E-state index is 12.7.